The van der Waals surface area contributed by atoms with Gasteiger partial charge in [0.2, 0.25) is 5.91 Å². The van der Waals surface area contributed by atoms with Crippen molar-refractivity contribution in [1.82, 2.24) is 9.80 Å². The zero-order valence-corrected chi connectivity index (χ0v) is 17.1. The van der Waals surface area contributed by atoms with Crippen LogP contribution in [0.5, 0.6) is 11.5 Å². The average Bonchev–Trinajstić information content (AvgIpc) is 2.72. The van der Waals surface area contributed by atoms with Crippen molar-refractivity contribution >= 4 is 5.91 Å². The first-order valence-corrected chi connectivity index (χ1v) is 9.88. The number of hydrogen-bond donors (Lipinski definition) is 0. The fourth-order valence-corrected chi connectivity index (χ4v) is 3.92. The molecule has 1 aliphatic rings. The zero-order valence-electron chi connectivity index (χ0n) is 17.1. The number of methoxy groups -OCH3 is 2. The van der Waals surface area contributed by atoms with E-state index >= 15 is 0 Å². The van der Waals surface area contributed by atoms with Crippen LogP contribution in [0.2, 0.25) is 0 Å². The molecule has 1 atom stereocenters. The van der Waals surface area contributed by atoms with Crippen molar-refractivity contribution < 1.29 is 14.3 Å². The molecule has 0 saturated carbocycles. The lowest BCUT2D eigenvalue weighted by Gasteiger charge is -2.40. The van der Waals surface area contributed by atoms with Crippen LogP contribution in [0.25, 0.3) is 0 Å². The number of aryl methyl sites for hydroxylation is 1. The summed E-state index contributed by atoms with van der Waals surface area (Å²) in [5, 5.41) is 0. The maximum absolute atomic E-state index is 12.8. The van der Waals surface area contributed by atoms with Gasteiger partial charge in [-0.2, -0.15) is 0 Å². The average molecular weight is 383 g/mol. The van der Waals surface area contributed by atoms with Crippen LogP contribution < -0.4 is 9.47 Å². The third-order valence-corrected chi connectivity index (χ3v) is 5.37. The summed E-state index contributed by atoms with van der Waals surface area (Å²) in [5.41, 5.74) is 2.32. The van der Waals surface area contributed by atoms with Crippen LogP contribution in [-0.2, 0) is 17.8 Å². The van der Waals surface area contributed by atoms with Gasteiger partial charge in [-0.3, -0.25) is 9.69 Å². The van der Waals surface area contributed by atoms with Gasteiger partial charge in [-0.25, -0.2) is 0 Å². The summed E-state index contributed by atoms with van der Waals surface area (Å²) in [6.07, 6.45) is 1.13. The molecule has 0 radical (unpaired) electrons. The van der Waals surface area contributed by atoms with E-state index in [0.717, 1.165) is 37.5 Å². The standard InChI is InChI=1S/C23H30N2O3/c1-18-16-24(17-19-8-5-4-6-9-19)14-15-25(18)22(26)13-12-20-10-7-11-21(27-2)23(20)28-3/h4-11,18H,12-17H2,1-3H3. The minimum Gasteiger partial charge on any atom is -0.493 e. The van der Waals surface area contributed by atoms with Gasteiger partial charge < -0.3 is 14.4 Å². The summed E-state index contributed by atoms with van der Waals surface area (Å²) in [5.74, 6) is 1.63. The first kappa shape index (κ1) is 20.2. The normalized spacial score (nSPS) is 17.4. The first-order valence-electron chi connectivity index (χ1n) is 9.88. The molecule has 1 unspecified atom stereocenters. The van der Waals surface area contributed by atoms with Gasteiger partial charge in [-0.05, 0) is 30.5 Å². The molecule has 3 rings (SSSR count). The van der Waals surface area contributed by atoms with Crippen LogP contribution in [-0.4, -0.2) is 55.6 Å². The molecule has 1 amide bonds. The van der Waals surface area contributed by atoms with Crippen molar-refractivity contribution in [1.29, 1.82) is 0 Å². The molecule has 5 nitrogen and oxygen atoms in total. The van der Waals surface area contributed by atoms with Gasteiger partial charge in [-0.15, -0.1) is 0 Å². The second kappa shape index (κ2) is 9.60. The Morgan fingerprint density at radius 3 is 2.50 bits per heavy atom. The van der Waals surface area contributed by atoms with Crippen molar-refractivity contribution in [3.8, 4) is 11.5 Å². The summed E-state index contributed by atoms with van der Waals surface area (Å²) in [7, 11) is 3.26. The molecule has 0 aromatic heterocycles. The molecular weight excluding hydrogens is 352 g/mol. The fraction of sp³-hybridized carbons (Fsp3) is 0.435. The van der Waals surface area contributed by atoms with Gasteiger partial charge >= 0.3 is 0 Å². The Labute approximate surface area is 167 Å². The highest BCUT2D eigenvalue weighted by Gasteiger charge is 2.27. The highest BCUT2D eigenvalue weighted by Crippen LogP contribution is 2.31. The van der Waals surface area contributed by atoms with Crippen LogP contribution in [0.4, 0.5) is 0 Å². The Bertz CT molecular complexity index is 779. The molecule has 28 heavy (non-hydrogen) atoms. The van der Waals surface area contributed by atoms with Crippen molar-refractivity contribution in [3.05, 3.63) is 59.7 Å². The molecule has 0 aliphatic carbocycles. The van der Waals surface area contributed by atoms with E-state index in [1.807, 2.05) is 29.2 Å². The number of ether oxygens (including phenoxy) is 2. The lowest BCUT2D eigenvalue weighted by Crippen LogP contribution is -2.53. The molecule has 1 heterocycles. The summed E-state index contributed by atoms with van der Waals surface area (Å²) < 4.78 is 10.8. The van der Waals surface area contributed by atoms with Crippen molar-refractivity contribution in [2.24, 2.45) is 0 Å². The van der Waals surface area contributed by atoms with Crippen LogP contribution in [0.15, 0.2) is 48.5 Å². The summed E-state index contributed by atoms with van der Waals surface area (Å²) in [6.45, 7) is 5.67. The Morgan fingerprint density at radius 2 is 1.82 bits per heavy atom. The van der Waals surface area contributed by atoms with E-state index < -0.39 is 0 Å². The van der Waals surface area contributed by atoms with Gasteiger partial charge in [0.15, 0.2) is 11.5 Å². The molecule has 0 spiro atoms. The molecule has 2 aromatic rings. The number of hydrogen-bond acceptors (Lipinski definition) is 4. The minimum atomic E-state index is 0.205. The largest absolute Gasteiger partial charge is 0.493 e. The van der Waals surface area contributed by atoms with Gasteiger partial charge in [0, 0.05) is 38.6 Å². The van der Waals surface area contributed by atoms with Crippen molar-refractivity contribution in [2.75, 3.05) is 33.9 Å². The van der Waals surface area contributed by atoms with E-state index in [0.29, 0.717) is 18.6 Å². The first-order chi connectivity index (χ1) is 13.6. The number of rotatable bonds is 7. The molecule has 5 heteroatoms. The molecule has 0 N–H and O–H groups in total. The molecule has 1 fully saturated rings. The van der Waals surface area contributed by atoms with Crippen molar-refractivity contribution in [3.63, 3.8) is 0 Å². The molecule has 150 valence electrons. The molecule has 1 saturated heterocycles. The van der Waals surface area contributed by atoms with Gasteiger partial charge in [-0.1, -0.05) is 42.5 Å². The number of amides is 1. The second-order valence-electron chi connectivity index (χ2n) is 7.31. The van der Waals surface area contributed by atoms with E-state index in [2.05, 4.69) is 36.1 Å². The summed E-state index contributed by atoms with van der Waals surface area (Å²) in [6, 6.07) is 16.5. The summed E-state index contributed by atoms with van der Waals surface area (Å²) >= 11 is 0. The highest BCUT2D eigenvalue weighted by atomic mass is 16.5. The highest BCUT2D eigenvalue weighted by molar-refractivity contribution is 5.77. The maximum atomic E-state index is 12.8. The lowest BCUT2D eigenvalue weighted by molar-refractivity contribution is -0.135. The number of benzene rings is 2. The van der Waals surface area contributed by atoms with E-state index in [-0.39, 0.29) is 11.9 Å². The molecule has 2 aromatic carbocycles. The number of para-hydroxylation sites is 1. The van der Waals surface area contributed by atoms with Crippen LogP contribution >= 0.6 is 0 Å². The Kier molecular flexibility index (Phi) is 6.93. The number of nitrogens with zero attached hydrogens (tertiary/aromatic N) is 2. The predicted octanol–water partition coefficient (Wildman–Crippen LogP) is 3.37. The second-order valence-corrected chi connectivity index (χ2v) is 7.31. The molecular formula is C23H30N2O3. The van der Waals surface area contributed by atoms with Gasteiger partial charge in [0.05, 0.1) is 14.2 Å². The van der Waals surface area contributed by atoms with E-state index in [1.54, 1.807) is 14.2 Å². The topological polar surface area (TPSA) is 42.0 Å². The number of piperazine rings is 1. The van der Waals surface area contributed by atoms with E-state index in [9.17, 15) is 4.79 Å². The number of carbonyl (C=O) groups is 1. The lowest BCUT2D eigenvalue weighted by atomic mass is 10.1. The van der Waals surface area contributed by atoms with E-state index in [1.165, 1.54) is 5.56 Å². The SMILES string of the molecule is COc1cccc(CCC(=O)N2CCN(Cc3ccccc3)CC2C)c1OC. The third kappa shape index (κ3) is 4.84. The minimum absolute atomic E-state index is 0.205. The van der Waals surface area contributed by atoms with Crippen LogP contribution in [0.1, 0.15) is 24.5 Å². The Morgan fingerprint density at radius 1 is 1.04 bits per heavy atom. The summed E-state index contributed by atoms with van der Waals surface area (Å²) in [4.78, 5) is 17.3. The monoisotopic (exact) mass is 382 g/mol. The van der Waals surface area contributed by atoms with Gasteiger partial charge in [0.25, 0.3) is 0 Å². The van der Waals surface area contributed by atoms with E-state index in [4.69, 9.17) is 9.47 Å². The quantitative estimate of drug-likeness (QED) is 0.736. The smallest absolute Gasteiger partial charge is 0.223 e. The maximum Gasteiger partial charge on any atom is 0.223 e. The Balaban J connectivity index is 1.54. The third-order valence-electron chi connectivity index (χ3n) is 5.37. The Hall–Kier alpha value is -2.53. The fourth-order valence-electron chi connectivity index (χ4n) is 3.92. The van der Waals surface area contributed by atoms with Crippen LogP contribution in [0, 0.1) is 0 Å². The zero-order chi connectivity index (χ0) is 19.9. The molecule has 0 bridgehead atoms. The van der Waals surface area contributed by atoms with Gasteiger partial charge in [0.1, 0.15) is 0 Å². The number of carbonyl (C=O) groups excluding carboxylic acids is 1. The predicted molar refractivity (Wildman–Crippen MR) is 111 cm³/mol. The van der Waals surface area contributed by atoms with Crippen LogP contribution in [0.3, 0.4) is 0 Å². The molecule has 1 aliphatic heterocycles. The van der Waals surface area contributed by atoms with Crippen molar-refractivity contribution in [2.45, 2.75) is 32.4 Å².